The first-order valence-electron chi connectivity index (χ1n) is 7.44. The van der Waals surface area contributed by atoms with E-state index in [-0.39, 0.29) is 11.3 Å². The van der Waals surface area contributed by atoms with Gasteiger partial charge in [0.2, 0.25) is 5.91 Å². The van der Waals surface area contributed by atoms with Crippen molar-refractivity contribution in [2.45, 2.75) is 51.5 Å². The number of nitrogens with two attached hydrogens (primary N) is 1. The predicted octanol–water partition coefficient (Wildman–Crippen LogP) is 1.11. The Hall–Kier alpha value is -0.610. The third-order valence-corrected chi connectivity index (χ3v) is 4.59. The third-order valence-electron chi connectivity index (χ3n) is 4.59. The zero-order valence-electron chi connectivity index (χ0n) is 11.6. The van der Waals surface area contributed by atoms with Crippen LogP contribution in [0, 0.1) is 5.41 Å². The molecule has 2 aliphatic carbocycles. The van der Waals surface area contributed by atoms with Crippen molar-refractivity contribution >= 4 is 5.91 Å². The number of nitrogens with zero attached hydrogens (tertiary/aromatic N) is 1. The van der Waals surface area contributed by atoms with Gasteiger partial charge in [0.25, 0.3) is 0 Å². The van der Waals surface area contributed by atoms with Gasteiger partial charge in [-0.15, -0.1) is 0 Å². The molecule has 0 aromatic carbocycles. The quantitative estimate of drug-likeness (QED) is 0.714. The van der Waals surface area contributed by atoms with Crippen LogP contribution < -0.4 is 11.1 Å². The first-order valence-corrected chi connectivity index (χ1v) is 7.44. The van der Waals surface area contributed by atoms with Crippen molar-refractivity contribution in [2.75, 3.05) is 26.2 Å². The Morgan fingerprint density at radius 1 is 1.39 bits per heavy atom. The molecule has 0 aromatic rings. The summed E-state index contributed by atoms with van der Waals surface area (Å²) in [7, 11) is 0. The van der Waals surface area contributed by atoms with Gasteiger partial charge in [0.1, 0.15) is 0 Å². The maximum atomic E-state index is 12.2. The van der Waals surface area contributed by atoms with Gasteiger partial charge in [-0.1, -0.05) is 19.8 Å². The largest absolute Gasteiger partial charge is 0.354 e. The summed E-state index contributed by atoms with van der Waals surface area (Å²) < 4.78 is 0. The summed E-state index contributed by atoms with van der Waals surface area (Å²) in [5.41, 5.74) is 5.56. The Balaban J connectivity index is 1.73. The van der Waals surface area contributed by atoms with E-state index in [4.69, 9.17) is 5.73 Å². The molecule has 0 saturated heterocycles. The number of amides is 1. The highest BCUT2D eigenvalue weighted by Gasteiger charge is 2.39. The summed E-state index contributed by atoms with van der Waals surface area (Å²) in [5.74, 6) is 0.189. The van der Waals surface area contributed by atoms with Gasteiger partial charge in [-0.25, -0.2) is 0 Å². The minimum atomic E-state index is -0.253. The molecule has 0 heterocycles. The average molecular weight is 253 g/mol. The summed E-state index contributed by atoms with van der Waals surface area (Å²) in [6.07, 6.45) is 6.88. The van der Waals surface area contributed by atoms with Crippen molar-refractivity contribution in [3.63, 3.8) is 0 Å². The summed E-state index contributed by atoms with van der Waals surface area (Å²) in [4.78, 5) is 14.7. The lowest BCUT2D eigenvalue weighted by Gasteiger charge is -2.27. The van der Waals surface area contributed by atoms with E-state index in [0.717, 1.165) is 51.4 Å². The molecule has 0 aromatic heterocycles. The van der Waals surface area contributed by atoms with E-state index in [0.29, 0.717) is 6.54 Å². The molecule has 2 saturated carbocycles. The van der Waals surface area contributed by atoms with Crippen LogP contribution in [-0.2, 0) is 4.79 Å². The number of carbonyl (C=O) groups is 1. The molecule has 0 aliphatic heterocycles. The second-order valence-electron chi connectivity index (χ2n) is 5.81. The number of nitrogens with one attached hydrogen (secondary N) is 1. The Kier molecular flexibility index (Phi) is 4.62. The highest BCUT2D eigenvalue weighted by molar-refractivity contribution is 5.83. The Morgan fingerprint density at radius 3 is 2.56 bits per heavy atom. The zero-order chi connectivity index (χ0) is 13.0. The zero-order valence-corrected chi connectivity index (χ0v) is 11.6. The molecule has 104 valence electrons. The second kappa shape index (κ2) is 6.02. The average Bonchev–Trinajstić information content (AvgIpc) is 3.11. The Labute approximate surface area is 110 Å². The topological polar surface area (TPSA) is 58.4 Å². The van der Waals surface area contributed by atoms with Crippen LogP contribution in [-0.4, -0.2) is 43.0 Å². The molecule has 2 aliphatic rings. The van der Waals surface area contributed by atoms with Crippen LogP contribution in [0.4, 0.5) is 0 Å². The van der Waals surface area contributed by atoms with Gasteiger partial charge in [-0.05, 0) is 32.2 Å². The number of carbonyl (C=O) groups excluding carboxylic acids is 1. The van der Waals surface area contributed by atoms with Crippen LogP contribution in [0.15, 0.2) is 0 Å². The molecule has 0 unspecified atom stereocenters. The molecule has 0 radical (unpaired) electrons. The molecule has 4 heteroatoms. The van der Waals surface area contributed by atoms with Gasteiger partial charge >= 0.3 is 0 Å². The van der Waals surface area contributed by atoms with E-state index >= 15 is 0 Å². The summed E-state index contributed by atoms with van der Waals surface area (Å²) in [6, 6.07) is 0.779. The van der Waals surface area contributed by atoms with Crippen LogP contribution >= 0.6 is 0 Å². The summed E-state index contributed by atoms with van der Waals surface area (Å²) in [6.45, 7) is 5.53. The van der Waals surface area contributed by atoms with Gasteiger partial charge in [0, 0.05) is 25.7 Å². The molecule has 2 rings (SSSR count). The van der Waals surface area contributed by atoms with E-state index in [2.05, 4.69) is 17.1 Å². The van der Waals surface area contributed by atoms with E-state index in [1.54, 1.807) is 0 Å². The van der Waals surface area contributed by atoms with E-state index in [9.17, 15) is 4.79 Å². The van der Waals surface area contributed by atoms with Gasteiger partial charge in [-0.3, -0.25) is 9.69 Å². The normalized spacial score (nSPS) is 22.4. The molecule has 0 bridgehead atoms. The van der Waals surface area contributed by atoms with Crippen molar-refractivity contribution in [2.24, 2.45) is 11.1 Å². The lowest BCUT2D eigenvalue weighted by molar-refractivity contribution is -0.130. The summed E-state index contributed by atoms with van der Waals surface area (Å²) in [5, 5.41) is 3.10. The van der Waals surface area contributed by atoms with Crippen molar-refractivity contribution < 1.29 is 4.79 Å². The molecule has 0 atom stereocenters. The number of hydrogen-bond acceptors (Lipinski definition) is 3. The fraction of sp³-hybridized carbons (Fsp3) is 0.929. The highest BCUT2D eigenvalue weighted by atomic mass is 16.2. The molecule has 0 spiro atoms. The van der Waals surface area contributed by atoms with Crippen molar-refractivity contribution in [3.8, 4) is 0 Å². The Bertz CT molecular complexity index is 283. The first kappa shape index (κ1) is 13.8. The van der Waals surface area contributed by atoms with Gasteiger partial charge in [-0.2, -0.15) is 0 Å². The van der Waals surface area contributed by atoms with Gasteiger partial charge in [0.05, 0.1) is 5.41 Å². The van der Waals surface area contributed by atoms with Crippen LogP contribution in [0.3, 0.4) is 0 Å². The van der Waals surface area contributed by atoms with E-state index in [1.165, 1.54) is 12.8 Å². The Morgan fingerprint density at radius 2 is 2.06 bits per heavy atom. The molecular formula is C14H27N3O. The lowest BCUT2D eigenvalue weighted by atomic mass is 9.85. The fourth-order valence-corrected chi connectivity index (χ4v) is 3.11. The maximum Gasteiger partial charge on any atom is 0.227 e. The third kappa shape index (κ3) is 3.04. The van der Waals surface area contributed by atoms with E-state index < -0.39 is 0 Å². The highest BCUT2D eigenvalue weighted by Crippen LogP contribution is 2.37. The van der Waals surface area contributed by atoms with E-state index in [1.807, 2.05) is 0 Å². The van der Waals surface area contributed by atoms with Crippen molar-refractivity contribution in [1.29, 1.82) is 0 Å². The number of hydrogen-bond donors (Lipinski definition) is 2. The van der Waals surface area contributed by atoms with Gasteiger partial charge in [0.15, 0.2) is 0 Å². The van der Waals surface area contributed by atoms with Crippen molar-refractivity contribution in [1.82, 2.24) is 10.2 Å². The van der Waals surface area contributed by atoms with Crippen LogP contribution in [0.25, 0.3) is 0 Å². The van der Waals surface area contributed by atoms with Crippen LogP contribution in [0.5, 0.6) is 0 Å². The fourth-order valence-electron chi connectivity index (χ4n) is 3.11. The first-order chi connectivity index (χ1) is 8.72. The number of likely N-dealkylation sites (N-methyl/N-ethyl adjacent to an activating group) is 1. The van der Waals surface area contributed by atoms with Crippen molar-refractivity contribution in [3.05, 3.63) is 0 Å². The van der Waals surface area contributed by atoms with Crippen LogP contribution in [0.2, 0.25) is 0 Å². The lowest BCUT2D eigenvalue weighted by Crippen LogP contribution is -2.46. The molecule has 1 amide bonds. The predicted molar refractivity (Wildman–Crippen MR) is 73.2 cm³/mol. The SMILES string of the molecule is CCN(CCNC(=O)C1(CN)CCCC1)C1CC1. The summed E-state index contributed by atoms with van der Waals surface area (Å²) >= 11 is 0. The number of rotatable bonds is 7. The molecule has 4 nitrogen and oxygen atoms in total. The molecule has 3 N–H and O–H groups in total. The minimum Gasteiger partial charge on any atom is -0.354 e. The molecular weight excluding hydrogens is 226 g/mol. The smallest absolute Gasteiger partial charge is 0.227 e. The maximum absolute atomic E-state index is 12.2. The standard InChI is InChI=1S/C14H27N3O/c1-2-17(12-5-6-12)10-9-16-13(18)14(11-15)7-3-4-8-14/h12H,2-11,15H2,1H3,(H,16,18). The second-order valence-corrected chi connectivity index (χ2v) is 5.81. The molecule has 2 fully saturated rings. The molecule has 18 heavy (non-hydrogen) atoms. The minimum absolute atomic E-state index is 0.189. The monoisotopic (exact) mass is 253 g/mol. The van der Waals surface area contributed by atoms with Crippen LogP contribution in [0.1, 0.15) is 45.4 Å². The van der Waals surface area contributed by atoms with Gasteiger partial charge < -0.3 is 11.1 Å².